The van der Waals surface area contributed by atoms with Crippen molar-refractivity contribution in [1.29, 1.82) is 5.26 Å². The topological polar surface area (TPSA) is 81.4 Å². The molecule has 0 aromatic heterocycles. The lowest BCUT2D eigenvalue weighted by molar-refractivity contribution is -0.138. The molecule has 0 aliphatic carbocycles. The first-order valence-corrected chi connectivity index (χ1v) is 10.7. The standard InChI is InChI=1S/C25H15F3N2O3S/c26-25(27,28)20-11-16(7-10-21(20)31)12-22-23(32)30(24(33)34-22)14-15-5-8-17(9-6-15)19-4-2-1-3-18(19)13-29/h1-12,31H,14H2. The van der Waals surface area contributed by atoms with Crippen molar-refractivity contribution in [2.75, 3.05) is 0 Å². The number of nitrogens with zero attached hydrogens (tertiary/aromatic N) is 2. The summed E-state index contributed by atoms with van der Waals surface area (Å²) in [6, 6.07) is 19.2. The zero-order valence-electron chi connectivity index (χ0n) is 17.3. The average molecular weight is 480 g/mol. The summed E-state index contributed by atoms with van der Waals surface area (Å²) in [7, 11) is 0. The van der Waals surface area contributed by atoms with E-state index in [1.54, 1.807) is 36.4 Å². The molecule has 1 aliphatic rings. The van der Waals surface area contributed by atoms with Gasteiger partial charge in [-0.25, -0.2) is 0 Å². The van der Waals surface area contributed by atoms with Gasteiger partial charge in [0.05, 0.1) is 28.6 Å². The molecule has 0 radical (unpaired) electrons. The van der Waals surface area contributed by atoms with Crippen LogP contribution in [0.25, 0.3) is 17.2 Å². The molecule has 1 aliphatic heterocycles. The van der Waals surface area contributed by atoms with Crippen molar-refractivity contribution < 1.29 is 27.9 Å². The van der Waals surface area contributed by atoms with Crippen LogP contribution in [0.3, 0.4) is 0 Å². The Bertz CT molecular complexity index is 1360. The van der Waals surface area contributed by atoms with E-state index in [2.05, 4.69) is 6.07 Å². The van der Waals surface area contributed by atoms with Crippen LogP contribution in [-0.4, -0.2) is 21.2 Å². The molecule has 3 aromatic carbocycles. The van der Waals surface area contributed by atoms with Gasteiger partial charge < -0.3 is 5.11 Å². The number of phenolic OH excluding ortho intramolecular Hbond substituents is 1. The lowest BCUT2D eigenvalue weighted by Crippen LogP contribution is -2.27. The van der Waals surface area contributed by atoms with E-state index in [4.69, 9.17) is 0 Å². The summed E-state index contributed by atoms with van der Waals surface area (Å²) in [4.78, 5) is 26.2. The van der Waals surface area contributed by atoms with Crippen molar-refractivity contribution in [3.63, 3.8) is 0 Å². The molecule has 0 unspecified atom stereocenters. The van der Waals surface area contributed by atoms with Crippen LogP contribution in [-0.2, 0) is 17.5 Å². The fourth-order valence-electron chi connectivity index (χ4n) is 3.46. The predicted octanol–water partition coefficient (Wildman–Crippen LogP) is 6.19. The Kier molecular flexibility index (Phi) is 6.18. The third-order valence-electron chi connectivity index (χ3n) is 5.15. The molecule has 1 heterocycles. The maximum Gasteiger partial charge on any atom is 0.419 e. The number of carbonyl (C=O) groups is 2. The largest absolute Gasteiger partial charge is 0.507 e. The van der Waals surface area contributed by atoms with Crippen LogP contribution in [0.5, 0.6) is 5.75 Å². The van der Waals surface area contributed by atoms with Gasteiger partial charge in [-0.15, -0.1) is 0 Å². The maximum atomic E-state index is 13.0. The fraction of sp³-hybridized carbons (Fsp3) is 0.0800. The first kappa shape index (κ1) is 23.1. The maximum absolute atomic E-state index is 13.0. The number of imide groups is 1. The van der Waals surface area contributed by atoms with Gasteiger partial charge in [0.1, 0.15) is 5.75 Å². The number of benzene rings is 3. The van der Waals surface area contributed by atoms with Crippen molar-refractivity contribution in [1.82, 2.24) is 4.90 Å². The first-order valence-electron chi connectivity index (χ1n) is 9.91. The Hall–Kier alpha value is -4.03. The van der Waals surface area contributed by atoms with Gasteiger partial charge in [-0.05, 0) is 58.3 Å². The highest BCUT2D eigenvalue weighted by Crippen LogP contribution is 2.38. The number of hydrogen-bond donors (Lipinski definition) is 1. The predicted molar refractivity (Wildman–Crippen MR) is 121 cm³/mol. The summed E-state index contributed by atoms with van der Waals surface area (Å²) in [5.74, 6) is -1.53. The minimum absolute atomic E-state index is 0.00837. The highest BCUT2D eigenvalue weighted by Gasteiger charge is 2.36. The number of aromatic hydroxyl groups is 1. The summed E-state index contributed by atoms with van der Waals surface area (Å²) >= 11 is 0.637. The van der Waals surface area contributed by atoms with E-state index in [0.717, 1.165) is 28.2 Å². The number of alkyl halides is 3. The first-order chi connectivity index (χ1) is 16.2. The van der Waals surface area contributed by atoms with Crippen molar-refractivity contribution in [2.45, 2.75) is 12.7 Å². The second-order valence-electron chi connectivity index (χ2n) is 7.40. The second kappa shape index (κ2) is 9.08. The molecular weight excluding hydrogens is 465 g/mol. The zero-order valence-corrected chi connectivity index (χ0v) is 18.2. The Labute approximate surface area is 196 Å². The number of halogens is 3. The molecule has 0 spiro atoms. The Morgan fingerprint density at radius 2 is 1.74 bits per heavy atom. The van der Waals surface area contributed by atoms with E-state index in [0.29, 0.717) is 22.9 Å². The van der Waals surface area contributed by atoms with Crippen LogP contribution < -0.4 is 0 Å². The average Bonchev–Trinajstić information content (AvgIpc) is 3.07. The third kappa shape index (κ3) is 4.67. The number of phenols is 1. The molecule has 0 atom stereocenters. The van der Waals surface area contributed by atoms with Gasteiger partial charge in [-0.2, -0.15) is 18.4 Å². The van der Waals surface area contributed by atoms with Gasteiger partial charge in [0.2, 0.25) is 0 Å². The molecule has 4 rings (SSSR count). The molecule has 5 nitrogen and oxygen atoms in total. The van der Waals surface area contributed by atoms with Crippen molar-refractivity contribution in [3.05, 3.63) is 93.9 Å². The normalized spacial score (nSPS) is 15.1. The van der Waals surface area contributed by atoms with Gasteiger partial charge >= 0.3 is 6.18 Å². The monoisotopic (exact) mass is 480 g/mol. The van der Waals surface area contributed by atoms with E-state index in [-0.39, 0.29) is 17.0 Å². The van der Waals surface area contributed by atoms with Crippen molar-refractivity contribution in [2.24, 2.45) is 0 Å². The lowest BCUT2D eigenvalue weighted by Gasteiger charge is -2.13. The Morgan fingerprint density at radius 3 is 2.41 bits per heavy atom. The van der Waals surface area contributed by atoms with Crippen LogP contribution in [0.2, 0.25) is 0 Å². The minimum Gasteiger partial charge on any atom is -0.507 e. The number of nitriles is 1. The van der Waals surface area contributed by atoms with E-state index in [1.807, 2.05) is 12.1 Å². The third-order valence-corrected chi connectivity index (χ3v) is 6.06. The molecule has 1 N–H and O–H groups in total. The summed E-state index contributed by atoms with van der Waals surface area (Å²) in [5.41, 5.74) is 1.58. The molecule has 9 heteroatoms. The second-order valence-corrected chi connectivity index (χ2v) is 8.39. The molecule has 1 saturated heterocycles. The summed E-state index contributed by atoms with van der Waals surface area (Å²) in [6.45, 7) is -0.00837. The molecule has 170 valence electrons. The van der Waals surface area contributed by atoms with Gasteiger partial charge in [0.15, 0.2) is 0 Å². The van der Waals surface area contributed by atoms with E-state index in [9.17, 15) is 33.1 Å². The summed E-state index contributed by atoms with van der Waals surface area (Å²) in [6.07, 6.45) is -3.56. The quantitative estimate of drug-likeness (QED) is 0.451. The smallest absolute Gasteiger partial charge is 0.419 e. The number of carbonyl (C=O) groups excluding carboxylic acids is 2. The molecule has 3 aromatic rings. The molecule has 0 bridgehead atoms. The minimum atomic E-state index is -4.76. The molecule has 2 amide bonds. The van der Waals surface area contributed by atoms with E-state index in [1.165, 1.54) is 12.1 Å². The Morgan fingerprint density at radius 1 is 1.03 bits per heavy atom. The Balaban J connectivity index is 1.53. The molecular formula is C25H15F3N2O3S. The van der Waals surface area contributed by atoms with Gasteiger partial charge in [0.25, 0.3) is 11.1 Å². The van der Waals surface area contributed by atoms with Crippen molar-refractivity contribution >= 4 is 29.0 Å². The number of rotatable bonds is 4. The van der Waals surface area contributed by atoms with Crippen LogP contribution >= 0.6 is 11.8 Å². The molecule has 0 saturated carbocycles. The number of thioether (sulfide) groups is 1. The molecule has 1 fully saturated rings. The van der Waals surface area contributed by atoms with Gasteiger partial charge in [-0.1, -0.05) is 48.5 Å². The van der Waals surface area contributed by atoms with E-state index < -0.39 is 28.6 Å². The van der Waals surface area contributed by atoms with Gasteiger partial charge in [0, 0.05) is 0 Å². The highest BCUT2D eigenvalue weighted by molar-refractivity contribution is 8.18. The fourth-order valence-corrected chi connectivity index (χ4v) is 4.30. The summed E-state index contributed by atoms with van der Waals surface area (Å²) in [5, 5.41) is 18.2. The summed E-state index contributed by atoms with van der Waals surface area (Å²) < 4.78 is 39.1. The lowest BCUT2D eigenvalue weighted by atomic mass is 9.99. The van der Waals surface area contributed by atoms with Crippen LogP contribution in [0.15, 0.2) is 71.6 Å². The van der Waals surface area contributed by atoms with Crippen molar-refractivity contribution in [3.8, 4) is 22.9 Å². The van der Waals surface area contributed by atoms with Crippen LogP contribution in [0, 0.1) is 11.3 Å². The van der Waals surface area contributed by atoms with Gasteiger partial charge in [-0.3, -0.25) is 14.5 Å². The molecule has 34 heavy (non-hydrogen) atoms. The van der Waals surface area contributed by atoms with Crippen LogP contribution in [0.1, 0.15) is 22.3 Å². The SMILES string of the molecule is N#Cc1ccccc1-c1ccc(CN2C(=O)SC(=Cc3ccc(O)c(C(F)(F)F)c3)C2=O)cc1. The zero-order chi connectivity index (χ0) is 24.5. The van der Waals surface area contributed by atoms with E-state index >= 15 is 0 Å². The number of amides is 2. The van der Waals surface area contributed by atoms with Crippen LogP contribution in [0.4, 0.5) is 18.0 Å². The highest BCUT2D eigenvalue weighted by atomic mass is 32.2. The number of hydrogen-bond acceptors (Lipinski definition) is 5.